The Morgan fingerprint density at radius 1 is 1.27 bits per heavy atom. The van der Waals surface area contributed by atoms with Gasteiger partial charge in [-0.05, 0) is 18.2 Å². The van der Waals surface area contributed by atoms with Gasteiger partial charge in [0.25, 0.3) is 5.56 Å². The van der Waals surface area contributed by atoms with Gasteiger partial charge in [0.05, 0.1) is 5.69 Å². The van der Waals surface area contributed by atoms with E-state index in [2.05, 4.69) is 26.1 Å². The maximum atomic E-state index is 11.0. The fraction of sp³-hybridized carbons (Fsp3) is 0. The number of hydrogen-bond donors (Lipinski definition) is 1. The summed E-state index contributed by atoms with van der Waals surface area (Å²) in [6.45, 7) is 0. The topological polar surface area (TPSA) is 45.8 Å². The molecule has 1 N–H and O–H groups in total. The predicted molar refractivity (Wildman–Crippen MR) is 63.0 cm³/mol. The molecular formula is C10H6BrClN2O. The van der Waals surface area contributed by atoms with E-state index in [1.165, 1.54) is 0 Å². The first kappa shape index (κ1) is 10.4. The van der Waals surface area contributed by atoms with Crippen molar-refractivity contribution in [2.45, 2.75) is 0 Å². The van der Waals surface area contributed by atoms with Gasteiger partial charge in [-0.2, -0.15) is 5.10 Å². The number of aromatic amines is 1. The van der Waals surface area contributed by atoms with Gasteiger partial charge in [0, 0.05) is 10.0 Å². The van der Waals surface area contributed by atoms with Crippen LogP contribution in [0.2, 0.25) is 5.02 Å². The lowest BCUT2D eigenvalue weighted by Crippen LogP contribution is -2.08. The van der Waals surface area contributed by atoms with Crippen LogP contribution in [0.1, 0.15) is 0 Å². The number of rotatable bonds is 1. The second-order valence-electron chi connectivity index (χ2n) is 2.94. The van der Waals surface area contributed by atoms with Crippen LogP contribution in [-0.2, 0) is 0 Å². The predicted octanol–water partition coefficient (Wildman–Crippen LogP) is 2.85. The summed E-state index contributed by atoms with van der Waals surface area (Å²) in [6.07, 6.45) is 0. The fourth-order valence-electron chi connectivity index (χ4n) is 1.15. The van der Waals surface area contributed by atoms with E-state index in [0.29, 0.717) is 5.69 Å². The quantitative estimate of drug-likeness (QED) is 0.876. The molecule has 76 valence electrons. The van der Waals surface area contributed by atoms with Gasteiger partial charge in [-0.1, -0.05) is 39.7 Å². The Hall–Kier alpha value is -1.13. The number of benzene rings is 1. The third kappa shape index (κ3) is 2.27. The Morgan fingerprint density at radius 2 is 1.93 bits per heavy atom. The normalized spacial score (nSPS) is 10.3. The second-order valence-corrected chi connectivity index (χ2v) is 4.26. The van der Waals surface area contributed by atoms with Crippen molar-refractivity contribution in [3.63, 3.8) is 0 Å². The largest absolute Gasteiger partial charge is 0.282 e. The zero-order valence-electron chi connectivity index (χ0n) is 7.50. The molecule has 1 heterocycles. The molecule has 0 amide bonds. The Bertz CT molecular complexity index is 536. The minimum absolute atomic E-state index is 0.142. The minimum atomic E-state index is -0.377. The first-order chi connectivity index (χ1) is 7.16. The van der Waals surface area contributed by atoms with E-state index in [1.807, 2.05) is 24.3 Å². The molecule has 0 radical (unpaired) electrons. The van der Waals surface area contributed by atoms with Crippen molar-refractivity contribution in [2.75, 3.05) is 0 Å². The SMILES string of the molecule is O=c1[nH]nc(-c2ccc(Br)cc2)cc1Cl. The molecule has 15 heavy (non-hydrogen) atoms. The zero-order valence-corrected chi connectivity index (χ0v) is 9.84. The highest BCUT2D eigenvalue weighted by Crippen LogP contribution is 2.20. The first-order valence-corrected chi connectivity index (χ1v) is 5.35. The maximum Gasteiger partial charge on any atom is 0.282 e. The maximum absolute atomic E-state index is 11.0. The smallest absolute Gasteiger partial charge is 0.266 e. The average Bonchev–Trinajstić information content (AvgIpc) is 2.23. The molecule has 0 aliphatic carbocycles. The van der Waals surface area contributed by atoms with Crippen molar-refractivity contribution in [1.82, 2.24) is 10.2 Å². The van der Waals surface area contributed by atoms with E-state index >= 15 is 0 Å². The molecule has 1 aromatic heterocycles. The number of nitrogens with zero attached hydrogens (tertiary/aromatic N) is 1. The zero-order chi connectivity index (χ0) is 10.8. The number of halogens is 2. The molecule has 0 saturated heterocycles. The van der Waals surface area contributed by atoms with Gasteiger partial charge < -0.3 is 0 Å². The first-order valence-electron chi connectivity index (χ1n) is 4.18. The van der Waals surface area contributed by atoms with E-state index in [-0.39, 0.29) is 10.6 Å². The highest BCUT2D eigenvalue weighted by Gasteiger charge is 2.02. The Labute approximate surface area is 99.2 Å². The van der Waals surface area contributed by atoms with Crippen molar-refractivity contribution in [3.8, 4) is 11.3 Å². The summed E-state index contributed by atoms with van der Waals surface area (Å²) >= 11 is 9.04. The Kier molecular flexibility index (Phi) is 2.88. The third-order valence-electron chi connectivity index (χ3n) is 1.90. The third-order valence-corrected chi connectivity index (χ3v) is 2.71. The summed E-state index contributed by atoms with van der Waals surface area (Å²) in [4.78, 5) is 11.0. The van der Waals surface area contributed by atoms with Crippen LogP contribution in [-0.4, -0.2) is 10.2 Å². The van der Waals surface area contributed by atoms with Crippen molar-refractivity contribution in [2.24, 2.45) is 0 Å². The van der Waals surface area contributed by atoms with Gasteiger partial charge in [0.1, 0.15) is 5.02 Å². The number of nitrogens with one attached hydrogen (secondary N) is 1. The lowest BCUT2D eigenvalue weighted by atomic mass is 10.1. The van der Waals surface area contributed by atoms with Crippen LogP contribution in [0, 0.1) is 0 Å². The van der Waals surface area contributed by atoms with Crippen LogP contribution in [0.4, 0.5) is 0 Å². The minimum Gasteiger partial charge on any atom is -0.266 e. The monoisotopic (exact) mass is 284 g/mol. The average molecular weight is 286 g/mol. The fourth-order valence-corrected chi connectivity index (χ4v) is 1.56. The molecule has 0 bridgehead atoms. The molecule has 0 atom stereocenters. The number of H-pyrrole nitrogens is 1. The van der Waals surface area contributed by atoms with Gasteiger partial charge >= 0.3 is 0 Å². The molecule has 3 nitrogen and oxygen atoms in total. The molecule has 1 aromatic carbocycles. The summed E-state index contributed by atoms with van der Waals surface area (Å²) < 4.78 is 0.988. The number of aromatic nitrogens is 2. The molecular weight excluding hydrogens is 279 g/mol. The molecule has 0 saturated carbocycles. The van der Waals surface area contributed by atoms with Gasteiger partial charge in [-0.25, -0.2) is 5.10 Å². The number of hydrogen-bond acceptors (Lipinski definition) is 2. The van der Waals surface area contributed by atoms with Crippen molar-refractivity contribution in [3.05, 3.63) is 50.2 Å². The van der Waals surface area contributed by atoms with Crippen LogP contribution < -0.4 is 5.56 Å². The summed E-state index contributed by atoms with van der Waals surface area (Å²) in [5.41, 5.74) is 1.17. The van der Waals surface area contributed by atoms with Crippen LogP contribution in [0.25, 0.3) is 11.3 Å². The molecule has 2 aromatic rings. The van der Waals surface area contributed by atoms with Gasteiger partial charge in [0.2, 0.25) is 0 Å². The summed E-state index contributed by atoms with van der Waals surface area (Å²) in [7, 11) is 0. The van der Waals surface area contributed by atoms with Crippen molar-refractivity contribution >= 4 is 27.5 Å². The van der Waals surface area contributed by atoms with E-state index in [0.717, 1.165) is 10.0 Å². The highest BCUT2D eigenvalue weighted by atomic mass is 79.9. The van der Waals surface area contributed by atoms with Crippen molar-refractivity contribution < 1.29 is 0 Å². The standard InChI is InChI=1S/C10H6BrClN2O/c11-7-3-1-6(2-4-7)9-5-8(12)10(15)14-13-9/h1-5H,(H,14,15). The Balaban J connectivity index is 2.50. The van der Waals surface area contributed by atoms with Gasteiger partial charge in [-0.3, -0.25) is 4.79 Å². The summed E-state index contributed by atoms with van der Waals surface area (Å²) in [6, 6.07) is 9.12. The van der Waals surface area contributed by atoms with E-state index in [1.54, 1.807) is 6.07 Å². The van der Waals surface area contributed by atoms with Crippen LogP contribution in [0.5, 0.6) is 0 Å². The second kappa shape index (κ2) is 4.16. The molecule has 0 aliphatic heterocycles. The van der Waals surface area contributed by atoms with Crippen molar-refractivity contribution in [1.29, 1.82) is 0 Å². The van der Waals surface area contributed by atoms with Crippen LogP contribution >= 0.6 is 27.5 Å². The van der Waals surface area contributed by atoms with Crippen LogP contribution in [0.3, 0.4) is 0 Å². The molecule has 0 aliphatic rings. The van der Waals surface area contributed by atoms with Gasteiger partial charge in [0.15, 0.2) is 0 Å². The van der Waals surface area contributed by atoms with E-state index < -0.39 is 0 Å². The lowest BCUT2D eigenvalue weighted by Gasteiger charge is -2.00. The van der Waals surface area contributed by atoms with Crippen LogP contribution in [0.15, 0.2) is 39.6 Å². The van der Waals surface area contributed by atoms with E-state index in [9.17, 15) is 4.79 Å². The Morgan fingerprint density at radius 3 is 2.53 bits per heavy atom. The molecule has 0 fully saturated rings. The molecule has 2 rings (SSSR count). The summed E-state index contributed by atoms with van der Waals surface area (Å²) in [5.74, 6) is 0. The van der Waals surface area contributed by atoms with E-state index in [4.69, 9.17) is 11.6 Å². The molecule has 0 spiro atoms. The summed E-state index contributed by atoms with van der Waals surface area (Å²) in [5, 5.41) is 6.38. The molecule has 0 unspecified atom stereocenters. The lowest BCUT2D eigenvalue weighted by molar-refractivity contribution is 0.995. The van der Waals surface area contributed by atoms with Gasteiger partial charge in [-0.15, -0.1) is 0 Å². The molecule has 5 heteroatoms. The highest BCUT2D eigenvalue weighted by molar-refractivity contribution is 9.10.